The molecule has 0 atom stereocenters. The van der Waals surface area contributed by atoms with Crippen LogP contribution in [-0.2, 0) is 0 Å². The third-order valence-electron chi connectivity index (χ3n) is 2.79. The first-order valence-electron chi connectivity index (χ1n) is 6.47. The van der Waals surface area contributed by atoms with Crippen LogP contribution in [-0.4, -0.2) is 21.7 Å². The fraction of sp³-hybridized carbons (Fsp3) is 0.143. The minimum Gasteiger partial charge on any atom is -0.506 e. The number of hydrogen-bond acceptors (Lipinski definition) is 7. The molecule has 2 aromatic carbocycles. The summed E-state index contributed by atoms with van der Waals surface area (Å²) in [5.41, 5.74) is 0.798. The number of non-ortho nitro benzene ring substituents is 1. The van der Waals surface area contributed by atoms with E-state index in [1.807, 2.05) is 6.92 Å². The molecule has 0 amide bonds. The van der Waals surface area contributed by atoms with Gasteiger partial charge in [-0.2, -0.15) is 0 Å². The molecule has 0 aliphatic carbocycles. The molecule has 114 valence electrons. The summed E-state index contributed by atoms with van der Waals surface area (Å²) in [5, 5.41) is 40.7. The third kappa shape index (κ3) is 3.48. The number of anilines is 1. The zero-order valence-corrected chi connectivity index (χ0v) is 11.7. The summed E-state index contributed by atoms with van der Waals surface area (Å²) >= 11 is 0. The first-order chi connectivity index (χ1) is 10.5. The summed E-state index contributed by atoms with van der Waals surface area (Å²) in [5.74, 6) is -0.426. The molecule has 22 heavy (non-hydrogen) atoms. The maximum atomic E-state index is 10.6. The maximum absolute atomic E-state index is 10.6. The summed E-state index contributed by atoms with van der Waals surface area (Å²) in [4.78, 5) is 9.96. The number of nitro groups is 1. The Morgan fingerprint density at radius 3 is 2.18 bits per heavy atom. The van der Waals surface area contributed by atoms with Crippen LogP contribution in [0, 0.1) is 10.1 Å². The summed E-state index contributed by atoms with van der Waals surface area (Å²) in [6.45, 7) is 2.65. The van der Waals surface area contributed by atoms with E-state index in [1.165, 1.54) is 18.2 Å². The second kappa shape index (κ2) is 6.53. The van der Waals surface area contributed by atoms with Crippen molar-refractivity contribution in [3.63, 3.8) is 0 Å². The number of rotatable bonds is 5. The van der Waals surface area contributed by atoms with Crippen molar-refractivity contribution in [3.05, 3.63) is 46.5 Å². The van der Waals surface area contributed by atoms with E-state index in [1.54, 1.807) is 12.1 Å². The summed E-state index contributed by atoms with van der Waals surface area (Å²) < 4.78 is 0. The zero-order chi connectivity index (χ0) is 16.1. The molecule has 0 radical (unpaired) electrons. The lowest BCUT2D eigenvalue weighted by Gasteiger charge is -2.04. The van der Waals surface area contributed by atoms with Gasteiger partial charge in [0.2, 0.25) is 0 Å². The normalized spacial score (nSPS) is 10.8. The van der Waals surface area contributed by atoms with Gasteiger partial charge in [0.15, 0.2) is 0 Å². The molecule has 0 spiro atoms. The lowest BCUT2D eigenvalue weighted by Crippen LogP contribution is -1.95. The minimum atomic E-state index is -0.619. The Hall–Kier alpha value is -3.16. The maximum Gasteiger partial charge on any atom is 0.273 e. The summed E-state index contributed by atoms with van der Waals surface area (Å²) in [6, 6.07) is 8.28. The molecular formula is C14H14N4O4. The molecule has 2 rings (SSSR count). The Morgan fingerprint density at radius 1 is 1.09 bits per heavy atom. The molecule has 0 aliphatic heterocycles. The van der Waals surface area contributed by atoms with E-state index in [2.05, 4.69) is 15.5 Å². The Bertz CT molecular complexity index is 731. The number of aromatic hydroxyl groups is 2. The Kier molecular flexibility index (Phi) is 4.52. The smallest absolute Gasteiger partial charge is 0.273 e. The number of phenolic OH excluding ortho intramolecular Hbond substituents is 2. The lowest BCUT2D eigenvalue weighted by molar-refractivity contribution is -0.384. The number of nitrogens with zero attached hydrogens (tertiary/aromatic N) is 3. The molecule has 0 heterocycles. The first-order valence-corrected chi connectivity index (χ1v) is 6.47. The highest BCUT2D eigenvalue weighted by Gasteiger charge is 2.10. The van der Waals surface area contributed by atoms with Gasteiger partial charge in [0.1, 0.15) is 22.9 Å². The number of hydrogen-bond donors (Lipinski definition) is 3. The van der Waals surface area contributed by atoms with Crippen molar-refractivity contribution in [2.45, 2.75) is 6.92 Å². The Morgan fingerprint density at radius 2 is 1.68 bits per heavy atom. The van der Waals surface area contributed by atoms with Gasteiger partial charge in [-0.25, -0.2) is 0 Å². The van der Waals surface area contributed by atoms with Gasteiger partial charge in [-0.05, 0) is 25.1 Å². The van der Waals surface area contributed by atoms with Crippen LogP contribution < -0.4 is 5.32 Å². The van der Waals surface area contributed by atoms with E-state index in [0.29, 0.717) is 0 Å². The molecule has 0 aromatic heterocycles. The van der Waals surface area contributed by atoms with Gasteiger partial charge in [0.05, 0.1) is 11.0 Å². The lowest BCUT2D eigenvalue weighted by atomic mass is 10.2. The van der Waals surface area contributed by atoms with Crippen molar-refractivity contribution >= 4 is 22.7 Å². The summed E-state index contributed by atoms with van der Waals surface area (Å²) in [7, 11) is 0. The van der Waals surface area contributed by atoms with Crippen molar-refractivity contribution in [2.24, 2.45) is 10.2 Å². The Balaban J connectivity index is 2.23. The average Bonchev–Trinajstić information content (AvgIpc) is 2.47. The monoisotopic (exact) mass is 302 g/mol. The molecule has 3 N–H and O–H groups in total. The van der Waals surface area contributed by atoms with Crippen molar-refractivity contribution in [3.8, 4) is 11.5 Å². The van der Waals surface area contributed by atoms with E-state index < -0.39 is 4.92 Å². The van der Waals surface area contributed by atoms with Crippen LogP contribution in [0.4, 0.5) is 22.7 Å². The first kappa shape index (κ1) is 15.2. The van der Waals surface area contributed by atoms with Gasteiger partial charge in [0, 0.05) is 24.4 Å². The van der Waals surface area contributed by atoms with Crippen LogP contribution >= 0.6 is 0 Å². The van der Waals surface area contributed by atoms with Gasteiger partial charge < -0.3 is 15.5 Å². The van der Waals surface area contributed by atoms with Crippen molar-refractivity contribution in [2.75, 3.05) is 11.9 Å². The van der Waals surface area contributed by atoms with Crippen LogP contribution in [0.1, 0.15) is 6.92 Å². The number of azo groups is 1. The largest absolute Gasteiger partial charge is 0.506 e. The average molecular weight is 302 g/mol. The standard InChI is InChI=1S/C14H14N4O4/c1-2-15-9-3-5-11(13(19)7-9)16-17-12-6-4-10(18(21)22)8-14(12)20/h3-8,15,19-20H,2H2,1H3. The predicted octanol–water partition coefficient (Wildman–Crippen LogP) is 3.85. The summed E-state index contributed by atoms with van der Waals surface area (Å²) in [6.07, 6.45) is 0. The molecule has 0 saturated heterocycles. The van der Waals surface area contributed by atoms with Crippen LogP contribution in [0.2, 0.25) is 0 Å². The molecule has 0 unspecified atom stereocenters. The van der Waals surface area contributed by atoms with E-state index in [4.69, 9.17) is 0 Å². The van der Waals surface area contributed by atoms with Crippen LogP contribution in [0.25, 0.3) is 0 Å². The van der Waals surface area contributed by atoms with Crippen molar-refractivity contribution in [1.29, 1.82) is 0 Å². The van der Waals surface area contributed by atoms with E-state index >= 15 is 0 Å². The highest BCUT2D eigenvalue weighted by Crippen LogP contribution is 2.34. The van der Waals surface area contributed by atoms with Crippen molar-refractivity contribution < 1.29 is 15.1 Å². The van der Waals surface area contributed by atoms with E-state index in [0.717, 1.165) is 18.3 Å². The molecule has 2 aromatic rings. The fourth-order valence-corrected chi connectivity index (χ4v) is 1.74. The quantitative estimate of drug-likeness (QED) is 0.440. The molecule has 8 heteroatoms. The topological polar surface area (TPSA) is 120 Å². The fourth-order valence-electron chi connectivity index (χ4n) is 1.74. The van der Waals surface area contributed by atoms with Gasteiger partial charge >= 0.3 is 0 Å². The highest BCUT2D eigenvalue weighted by molar-refractivity contribution is 5.61. The minimum absolute atomic E-state index is 0.0661. The highest BCUT2D eigenvalue weighted by atomic mass is 16.6. The number of benzene rings is 2. The van der Waals surface area contributed by atoms with Crippen molar-refractivity contribution in [1.82, 2.24) is 0 Å². The van der Waals surface area contributed by atoms with Gasteiger partial charge in [-0.15, -0.1) is 10.2 Å². The van der Waals surface area contributed by atoms with Crippen LogP contribution in [0.3, 0.4) is 0 Å². The van der Waals surface area contributed by atoms with Gasteiger partial charge in [0.25, 0.3) is 5.69 Å². The molecule has 0 bridgehead atoms. The second-order valence-electron chi connectivity index (χ2n) is 4.36. The van der Waals surface area contributed by atoms with Crippen LogP contribution in [0.5, 0.6) is 11.5 Å². The Labute approximate surface area is 125 Å². The third-order valence-corrected chi connectivity index (χ3v) is 2.79. The SMILES string of the molecule is CCNc1ccc(N=Nc2ccc([N+](=O)[O-])cc2O)c(O)c1. The van der Waals surface area contributed by atoms with Gasteiger partial charge in [-0.3, -0.25) is 10.1 Å². The molecule has 0 fully saturated rings. The molecular weight excluding hydrogens is 288 g/mol. The molecule has 0 aliphatic rings. The van der Waals surface area contributed by atoms with E-state index in [9.17, 15) is 20.3 Å². The van der Waals surface area contributed by atoms with Crippen LogP contribution in [0.15, 0.2) is 46.6 Å². The molecule has 8 nitrogen and oxygen atoms in total. The number of phenols is 2. The second-order valence-corrected chi connectivity index (χ2v) is 4.36. The predicted molar refractivity (Wildman–Crippen MR) is 81.2 cm³/mol. The molecule has 0 saturated carbocycles. The van der Waals surface area contributed by atoms with Gasteiger partial charge in [-0.1, -0.05) is 0 Å². The van der Waals surface area contributed by atoms with E-state index in [-0.39, 0.29) is 28.6 Å². The number of nitro benzene ring substituents is 1. The number of nitrogens with one attached hydrogen (secondary N) is 1. The zero-order valence-electron chi connectivity index (χ0n) is 11.7.